The Morgan fingerprint density at radius 1 is 1.37 bits per heavy atom. The number of hydrogen-bond donors (Lipinski definition) is 2. The molecule has 0 fully saturated rings. The highest BCUT2D eigenvalue weighted by molar-refractivity contribution is 5.65. The van der Waals surface area contributed by atoms with Crippen molar-refractivity contribution in [2.45, 2.75) is 12.6 Å². The lowest BCUT2D eigenvalue weighted by Gasteiger charge is -2.12. The van der Waals surface area contributed by atoms with Gasteiger partial charge in [-0.25, -0.2) is 13.8 Å². The fraction of sp³-hybridized carbons (Fsp3) is 0.500. The molecule has 0 atom stereocenters. The molecule has 9 heteroatoms. The summed E-state index contributed by atoms with van der Waals surface area (Å²) >= 11 is 0. The second kappa shape index (κ2) is 6.50. The Morgan fingerprint density at radius 3 is 2.63 bits per heavy atom. The van der Waals surface area contributed by atoms with Gasteiger partial charge in [0, 0.05) is 6.54 Å². The van der Waals surface area contributed by atoms with E-state index in [2.05, 4.69) is 15.0 Å². The summed E-state index contributed by atoms with van der Waals surface area (Å²) in [6.45, 7) is -0.743. The molecule has 3 N–H and O–H groups in total. The van der Waals surface area contributed by atoms with E-state index in [-0.39, 0.29) is 24.5 Å². The van der Waals surface area contributed by atoms with Crippen molar-refractivity contribution in [1.82, 2.24) is 4.98 Å². The number of halogens is 5. The number of nitrogens with two attached hydrogens (primary N) is 1. The second-order valence-electron chi connectivity index (χ2n) is 3.55. The minimum Gasteiger partial charge on any atom is -0.396 e. The lowest BCUT2D eigenvalue weighted by molar-refractivity contribution is -0.141. The van der Waals surface area contributed by atoms with Crippen LogP contribution in [0, 0.1) is 0 Å². The Kier molecular flexibility index (Phi) is 5.28. The van der Waals surface area contributed by atoms with Crippen LogP contribution in [0.5, 0.6) is 0 Å². The monoisotopic (exact) mass is 285 g/mol. The molecule has 0 radical (unpaired) electrons. The van der Waals surface area contributed by atoms with Crippen molar-refractivity contribution in [3.05, 3.63) is 18.0 Å². The zero-order chi connectivity index (χ0) is 14.5. The standard InChI is InChI=1S/C10H12F5N3O/c11-9(12)5-19-2-1-17-7-3-8(10(13,14)15)18-4-6(7)16/h3-4,9H,1-2,5,16H2,(H,17,18). The molecule has 0 bridgehead atoms. The van der Waals surface area contributed by atoms with Crippen LogP contribution in [0.3, 0.4) is 0 Å². The van der Waals surface area contributed by atoms with Gasteiger partial charge in [0.25, 0.3) is 6.43 Å². The SMILES string of the molecule is Nc1cnc(C(F)(F)F)cc1NCCOCC(F)F. The highest BCUT2D eigenvalue weighted by Gasteiger charge is 2.32. The first-order valence-electron chi connectivity index (χ1n) is 5.23. The van der Waals surface area contributed by atoms with Crippen molar-refractivity contribution in [1.29, 1.82) is 0 Å². The maximum absolute atomic E-state index is 12.4. The molecule has 1 aromatic rings. The summed E-state index contributed by atoms with van der Waals surface area (Å²) in [5, 5.41) is 2.56. The lowest BCUT2D eigenvalue weighted by atomic mass is 10.2. The number of nitrogens with zero attached hydrogens (tertiary/aromatic N) is 1. The van der Waals surface area contributed by atoms with Crippen molar-refractivity contribution in [2.75, 3.05) is 30.8 Å². The van der Waals surface area contributed by atoms with Crippen LogP contribution in [0.15, 0.2) is 12.3 Å². The van der Waals surface area contributed by atoms with Crippen molar-refractivity contribution < 1.29 is 26.7 Å². The summed E-state index contributed by atoms with van der Waals surface area (Å²) in [5.41, 5.74) is 4.42. The van der Waals surface area contributed by atoms with Gasteiger partial charge in [-0.2, -0.15) is 13.2 Å². The zero-order valence-electron chi connectivity index (χ0n) is 9.68. The van der Waals surface area contributed by atoms with Gasteiger partial charge in [0.15, 0.2) is 0 Å². The van der Waals surface area contributed by atoms with Gasteiger partial charge in [-0.3, -0.25) is 0 Å². The fourth-order valence-corrected chi connectivity index (χ4v) is 1.20. The Balaban J connectivity index is 2.53. The van der Waals surface area contributed by atoms with E-state index in [9.17, 15) is 22.0 Å². The third kappa shape index (κ3) is 5.25. The number of ether oxygens (including phenoxy) is 1. The minimum absolute atomic E-state index is 0.0295. The van der Waals surface area contributed by atoms with E-state index >= 15 is 0 Å². The predicted octanol–water partition coefficient (Wildman–Crippen LogP) is 2.38. The number of nitrogen functional groups attached to an aromatic ring is 1. The van der Waals surface area contributed by atoms with Crippen LogP contribution in [0.1, 0.15) is 5.69 Å². The number of pyridine rings is 1. The average molecular weight is 285 g/mol. The summed E-state index contributed by atoms with van der Waals surface area (Å²) in [4.78, 5) is 3.16. The van der Waals surface area contributed by atoms with E-state index in [1.54, 1.807) is 0 Å². The molecule has 0 saturated carbocycles. The molecule has 0 aliphatic carbocycles. The molecule has 108 valence electrons. The van der Waals surface area contributed by atoms with Gasteiger partial charge >= 0.3 is 6.18 Å². The first-order chi connectivity index (χ1) is 8.80. The maximum atomic E-state index is 12.4. The van der Waals surface area contributed by atoms with Gasteiger partial charge in [0.2, 0.25) is 0 Å². The zero-order valence-corrected chi connectivity index (χ0v) is 9.68. The van der Waals surface area contributed by atoms with Crippen LogP contribution in [0.4, 0.5) is 33.3 Å². The summed E-state index contributed by atoms with van der Waals surface area (Å²) in [5.74, 6) is 0. The molecule has 1 aromatic heterocycles. The summed E-state index contributed by atoms with van der Waals surface area (Å²) in [6, 6.07) is 0.752. The first-order valence-corrected chi connectivity index (χ1v) is 5.23. The summed E-state index contributed by atoms with van der Waals surface area (Å²) < 4.78 is 65.2. The first kappa shape index (κ1) is 15.4. The van der Waals surface area contributed by atoms with E-state index in [1.807, 2.05) is 0 Å². The lowest BCUT2D eigenvalue weighted by Crippen LogP contribution is -2.15. The number of alkyl halides is 5. The topological polar surface area (TPSA) is 60.2 Å². The predicted molar refractivity (Wildman–Crippen MR) is 59.0 cm³/mol. The maximum Gasteiger partial charge on any atom is 0.433 e. The highest BCUT2D eigenvalue weighted by atomic mass is 19.4. The molecule has 1 heterocycles. The molecular formula is C10H12F5N3O. The second-order valence-corrected chi connectivity index (χ2v) is 3.55. The third-order valence-corrected chi connectivity index (χ3v) is 2.03. The van der Waals surface area contributed by atoms with E-state index in [0.29, 0.717) is 0 Å². The van der Waals surface area contributed by atoms with Crippen molar-refractivity contribution in [3.63, 3.8) is 0 Å². The molecule has 19 heavy (non-hydrogen) atoms. The summed E-state index contributed by atoms with van der Waals surface area (Å²) in [7, 11) is 0. The Morgan fingerprint density at radius 2 is 2.05 bits per heavy atom. The molecule has 0 aliphatic rings. The van der Waals surface area contributed by atoms with Gasteiger partial charge in [0.1, 0.15) is 12.3 Å². The Bertz CT molecular complexity index is 411. The number of aromatic nitrogens is 1. The Labute approximate surface area is 105 Å². The molecule has 0 unspecified atom stereocenters. The average Bonchev–Trinajstić information content (AvgIpc) is 2.29. The van der Waals surface area contributed by atoms with Crippen molar-refractivity contribution in [3.8, 4) is 0 Å². The molecule has 0 amide bonds. The van der Waals surface area contributed by atoms with Gasteiger partial charge in [-0.15, -0.1) is 0 Å². The molecule has 0 aromatic carbocycles. The smallest absolute Gasteiger partial charge is 0.396 e. The van der Waals surface area contributed by atoms with Crippen LogP contribution in [-0.2, 0) is 10.9 Å². The van der Waals surface area contributed by atoms with Gasteiger partial charge < -0.3 is 15.8 Å². The van der Waals surface area contributed by atoms with Gasteiger partial charge in [-0.05, 0) is 6.07 Å². The van der Waals surface area contributed by atoms with Crippen LogP contribution in [0.25, 0.3) is 0 Å². The molecule has 0 aliphatic heterocycles. The number of anilines is 2. The van der Waals surface area contributed by atoms with E-state index in [0.717, 1.165) is 12.3 Å². The quantitative estimate of drug-likeness (QED) is 0.622. The molecule has 4 nitrogen and oxygen atoms in total. The number of hydrogen-bond acceptors (Lipinski definition) is 4. The molecule has 1 rings (SSSR count). The van der Waals surface area contributed by atoms with E-state index in [1.165, 1.54) is 0 Å². The number of rotatable bonds is 6. The third-order valence-electron chi connectivity index (χ3n) is 2.03. The Hall–Kier alpha value is -1.64. The van der Waals surface area contributed by atoms with Gasteiger partial charge in [-0.1, -0.05) is 0 Å². The van der Waals surface area contributed by atoms with Crippen LogP contribution in [0.2, 0.25) is 0 Å². The fourth-order valence-electron chi connectivity index (χ4n) is 1.20. The van der Waals surface area contributed by atoms with Crippen LogP contribution >= 0.6 is 0 Å². The van der Waals surface area contributed by atoms with Crippen LogP contribution < -0.4 is 11.1 Å². The summed E-state index contributed by atoms with van der Waals surface area (Å²) in [6.07, 6.45) is -6.27. The van der Waals surface area contributed by atoms with Gasteiger partial charge in [0.05, 0.1) is 24.2 Å². The van der Waals surface area contributed by atoms with Crippen molar-refractivity contribution >= 4 is 11.4 Å². The van der Waals surface area contributed by atoms with E-state index < -0.39 is 24.9 Å². The number of nitrogens with one attached hydrogen (secondary N) is 1. The van der Waals surface area contributed by atoms with Crippen LogP contribution in [-0.4, -0.2) is 31.2 Å². The van der Waals surface area contributed by atoms with E-state index in [4.69, 9.17) is 5.73 Å². The minimum atomic E-state index is -4.57. The normalized spacial score (nSPS) is 11.9. The van der Waals surface area contributed by atoms with Crippen molar-refractivity contribution in [2.24, 2.45) is 0 Å². The molecule has 0 saturated heterocycles. The molecular weight excluding hydrogens is 273 g/mol. The molecule has 0 spiro atoms. The largest absolute Gasteiger partial charge is 0.433 e. The highest BCUT2D eigenvalue weighted by Crippen LogP contribution is 2.30.